The van der Waals surface area contributed by atoms with Gasteiger partial charge in [-0.15, -0.1) is 0 Å². The summed E-state index contributed by atoms with van der Waals surface area (Å²) >= 11 is 4.71. The molecule has 0 aliphatic heterocycles. The van der Waals surface area contributed by atoms with Gasteiger partial charge in [-0.2, -0.15) is 5.10 Å². The number of hydrazone groups is 1. The Morgan fingerprint density at radius 1 is 1.21 bits per heavy atom. The summed E-state index contributed by atoms with van der Waals surface area (Å²) in [4.78, 5) is 2.09. The van der Waals surface area contributed by atoms with Crippen molar-refractivity contribution >= 4 is 40.0 Å². The molecule has 98 valence electrons. The molecule has 0 fully saturated rings. The van der Waals surface area contributed by atoms with E-state index < -0.39 is 0 Å². The summed E-state index contributed by atoms with van der Waals surface area (Å²) in [5, 5.41) is 6.50. The monoisotopic (exact) mass is 272 g/mol. The van der Waals surface area contributed by atoms with Gasteiger partial charge in [0, 0.05) is 30.7 Å². The van der Waals surface area contributed by atoms with Crippen molar-refractivity contribution in [3.8, 4) is 0 Å². The van der Waals surface area contributed by atoms with Crippen molar-refractivity contribution in [3.05, 3.63) is 42.0 Å². The number of hydrogen-bond donors (Lipinski definition) is 2. The number of thiocarbonyl (C=S) groups is 1. The smallest absolute Gasteiger partial charge is 0.184 e. The molecule has 4 nitrogen and oxygen atoms in total. The molecule has 0 aromatic heterocycles. The van der Waals surface area contributed by atoms with Crippen molar-refractivity contribution in [2.24, 2.45) is 10.8 Å². The van der Waals surface area contributed by atoms with Gasteiger partial charge in [-0.3, -0.25) is 5.43 Å². The van der Waals surface area contributed by atoms with Gasteiger partial charge in [0.15, 0.2) is 5.11 Å². The first-order chi connectivity index (χ1) is 9.09. The molecule has 0 radical (unpaired) electrons. The fourth-order valence-electron chi connectivity index (χ4n) is 1.97. The molecule has 5 heteroatoms. The van der Waals surface area contributed by atoms with Crippen LogP contribution in [0, 0.1) is 0 Å². The summed E-state index contributed by atoms with van der Waals surface area (Å²) < 4.78 is 0. The summed E-state index contributed by atoms with van der Waals surface area (Å²) in [7, 11) is 4.06. The second-order valence-corrected chi connectivity index (χ2v) is 4.79. The molecule has 0 amide bonds. The highest BCUT2D eigenvalue weighted by molar-refractivity contribution is 7.80. The lowest BCUT2D eigenvalue weighted by atomic mass is 10.0. The lowest BCUT2D eigenvalue weighted by molar-refractivity contribution is 1.04. The zero-order valence-electron chi connectivity index (χ0n) is 10.9. The second kappa shape index (κ2) is 5.67. The molecule has 0 saturated heterocycles. The number of hydrogen-bond acceptors (Lipinski definition) is 3. The third-order valence-corrected chi connectivity index (χ3v) is 2.89. The van der Waals surface area contributed by atoms with Crippen LogP contribution in [-0.2, 0) is 0 Å². The zero-order chi connectivity index (χ0) is 13.8. The largest absolute Gasteiger partial charge is 0.377 e. The highest BCUT2D eigenvalue weighted by Crippen LogP contribution is 2.27. The number of nitrogens with two attached hydrogens (primary N) is 1. The highest BCUT2D eigenvalue weighted by atomic mass is 32.1. The summed E-state index contributed by atoms with van der Waals surface area (Å²) in [6.45, 7) is 0. The molecule has 0 heterocycles. The van der Waals surface area contributed by atoms with Gasteiger partial charge in [0.1, 0.15) is 0 Å². The second-order valence-electron chi connectivity index (χ2n) is 4.35. The van der Waals surface area contributed by atoms with Crippen LogP contribution in [0.2, 0.25) is 0 Å². The summed E-state index contributed by atoms with van der Waals surface area (Å²) in [6.07, 6.45) is 1.72. The highest BCUT2D eigenvalue weighted by Gasteiger charge is 2.05. The van der Waals surface area contributed by atoms with Crippen LogP contribution in [0.25, 0.3) is 10.8 Å². The number of nitrogens with zero attached hydrogens (tertiary/aromatic N) is 2. The molecule has 2 aromatic carbocycles. The number of anilines is 1. The minimum atomic E-state index is 0.158. The van der Waals surface area contributed by atoms with E-state index in [-0.39, 0.29) is 5.11 Å². The van der Waals surface area contributed by atoms with E-state index in [1.54, 1.807) is 6.21 Å². The fourth-order valence-corrected chi connectivity index (χ4v) is 2.03. The van der Waals surface area contributed by atoms with E-state index >= 15 is 0 Å². The minimum Gasteiger partial charge on any atom is -0.377 e. The van der Waals surface area contributed by atoms with E-state index in [2.05, 4.69) is 33.6 Å². The first-order valence-electron chi connectivity index (χ1n) is 5.87. The number of rotatable bonds is 3. The first kappa shape index (κ1) is 13.3. The van der Waals surface area contributed by atoms with E-state index in [4.69, 9.17) is 18.0 Å². The maximum atomic E-state index is 5.33. The average molecular weight is 272 g/mol. The van der Waals surface area contributed by atoms with Gasteiger partial charge in [0.2, 0.25) is 0 Å². The predicted molar refractivity (Wildman–Crippen MR) is 85.8 cm³/mol. The molecule has 3 N–H and O–H groups in total. The predicted octanol–water partition coefficient (Wildman–Crippen LogP) is 2.07. The summed E-state index contributed by atoms with van der Waals surface area (Å²) in [6, 6.07) is 12.3. The number of fused-ring (bicyclic) bond motifs is 1. The Kier molecular flexibility index (Phi) is 3.97. The van der Waals surface area contributed by atoms with Crippen LogP contribution in [0.15, 0.2) is 41.5 Å². The van der Waals surface area contributed by atoms with Crippen LogP contribution in [-0.4, -0.2) is 25.4 Å². The molecular formula is C14H16N4S. The molecule has 0 aliphatic rings. The van der Waals surface area contributed by atoms with E-state index in [1.165, 1.54) is 11.1 Å². The first-order valence-corrected chi connectivity index (χ1v) is 6.28. The SMILES string of the molecule is CN(C)c1ccc(/C=N\NC(N)=S)c2ccccc12. The Balaban J connectivity index is 2.49. The van der Waals surface area contributed by atoms with Gasteiger partial charge in [0.25, 0.3) is 0 Å². The van der Waals surface area contributed by atoms with E-state index in [0.717, 1.165) is 10.9 Å². The molecule has 19 heavy (non-hydrogen) atoms. The molecule has 0 saturated carbocycles. The van der Waals surface area contributed by atoms with E-state index in [9.17, 15) is 0 Å². The molecule has 0 unspecified atom stereocenters. The molecule has 0 bridgehead atoms. The van der Waals surface area contributed by atoms with Crippen molar-refractivity contribution in [3.63, 3.8) is 0 Å². The topological polar surface area (TPSA) is 53.6 Å². The minimum absolute atomic E-state index is 0.158. The van der Waals surface area contributed by atoms with Crippen molar-refractivity contribution in [2.75, 3.05) is 19.0 Å². The quantitative estimate of drug-likeness (QED) is 0.510. The van der Waals surface area contributed by atoms with Crippen molar-refractivity contribution < 1.29 is 0 Å². The summed E-state index contributed by atoms with van der Waals surface area (Å²) in [5.41, 5.74) is 10.1. The lowest BCUT2D eigenvalue weighted by Crippen LogP contribution is -2.24. The van der Waals surface area contributed by atoms with E-state index in [1.807, 2.05) is 32.3 Å². The average Bonchev–Trinajstić information content (AvgIpc) is 2.38. The Morgan fingerprint density at radius 3 is 2.53 bits per heavy atom. The molecule has 0 aliphatic carbocycles. The van der Waals surface area contributed by atoms with E-state index in [0.29, 0.717) is 0 Å². The maximum absolute atomic E-state index is 5.33. The molecule has 0 atom stereocenters. The van der Waals surface area contributed by atoms with Crippen LogP contribution in [0.1, 0.15) is 5.56 Å². The Morgan fingerprint density at radius 2 is 1.89 bits per heavy atom. The van der Waals surface area contributed by atoms with Crippen LogP contribution in [0.4, 0.5) is 5.69 Å². The van der Waals surface area contributed by atoms with Crippen LogP contribution < -0.4 is 16.1 Å². The Labute approximate surface area is 117 Å². The van der Waals surface area contributed by atoms with Crippen LogP contribution in [0.5, 0.6) is 0 Å². The van der Waals surface area contributed by atoms with Crippen LogP contribution >= 0.6 is 12.2 Å². The van der Waals surface area contributed by atoms with Gasteiger partial charge in [0.05, 0.1) is 6.21 Å². The number of nitrogens with one attached hydrogen (secondary N) is 1. The molecule has 2 aromatic rings. The Hall–Kier alpha value is -2.14. The molecule has 2 rings (SSSR count). The number of benzene rings is 2. The normalized spacial score (nSPS) is 10.8. The third-order valence-electron chi connectivity index (χ3n) is 2.79. The molecule has 0 spiro atoms. The lowest BCUT2D eigenvalue weighted by Gasteiger charge is -2.16. The zero-order valence-corrected chi connectivity index (χ0v) is 11.7. The van der Waals surface area contributed by atoms with Crippen LogP contribution in [0.3, 0.4) is 0 Å². The van der Waals surface area contributed by atoms with Crippen molar-refractivity contribution in [1.82, 2.24) is 5.43 Å². The van der Waals surface area contributed by atoms with Crippen molar-refractivity contribution in [1.29, 1.82) is 0 Å². The third kappa shape index (κ3) is 3.00. The van der Waals surface area contributed by atoms with Gasteiger partial charge < -0.3 is 10.6 Å². The maximum Gasteiger partial charge on any atom is 0.184 e. The van der Waals surface area contributed by atoms with Gasteiger partial charge in [-0.25, -0.2) is 0 Å². The van der Waals surface area contributed by atoms with Gasteiger partial charge in [-0.05, 0) is 23.7 Å². The van der Waals surface area contributed by atoms with Gasteiger partial charge in [-0.1, -0.05) is 30.3 Å². The fraction of sp³-hybridized carbons (Fsp3) is 0.143. The molecular weight excluding hydrogens is 256 g/mol. The van der Waals surface area contributed by atoms with Gasteiger partial charge >= 0.3 is 0 Å². The Bertz CT molecular complexity index is 634. The standard InChI is InChI=1S/C14H16N4S/c1-18(2)13-8-7-10(9-16-17-14(15)19)11-5-3-4-6-12(11)13/h3-9H,1-2H3,(H3,15,17,19)/b16-9-. The summed E-state index contributed by atoms with van der Waals surface area (Å²) in [5.74, 6) is 0. The van der Waals surface area contributed by atoms with Crippen molar-refractivity contribution in [2.45, 2.75) is 0 Å².